The molecule has 14 saturated heterocycles. The van der Waals surface area contributed by atoms with Gasteiger partial charge in [-0.25, -0.2) is 0 Å². The van der Waals surface area contributed by atoms with Gasteiger partial charge in [0.1, 0.15) is 0 Å². The van der Waals surface area contributed by atoms with Crippen molar-refractivity contribution in [2.75, 3.05) is 215 Å². The van der Waals surface area contributed by atoms with Gasteiger partial charge in [-0.2, -0.15) is 11.8 Å². The van der Waals surface area contributed by atoms with Crippen molar-refractivity contribution in [3.63, 3.8) is 0 Å². The molecular weight excluding hydrogens is 1010 g/mol. The summed E-state index contributed by atoms with van der Waals surface area (Å²) >= 11 is 2.03. The second kappa shape index (κ2) is 55.5. The molecule has 79 heavy (non-hydrogen) atoms. The zero-order valence-corrected chi connectivity index (χ0v) is 51.5. The Kier molecular flexibility index (Phi) is 50.0. The molecule has 16 aliphatic rings. The van der Waals surface area contributed by atoms with Gasteiger partial charge >= 0.3 is 0 Å². The number of hydrogen-bond donors (Lipinski definition) is 11. The SMILES string of the molecule is C1CC2CC1CN2.C1CCC2CNCCC2C1.C1CCCNCC1.C1CCNC1.C1CCNCC1.C1CCOC1.C1CNC1.C1CNCCN1.C1COC1.C1COCCN1.C1COCCO1.C1CSCCN1.C1OC2CNC1C2. The number of fused-ring (bicyclic) bond motifs is 5. The molecule has 11 N–H and O–H groups in total. The third-order valence-electron chi connectivity index (χ3n) is 16.2. The van der Waals surface area contributed by atoms with Crippen molar-refractivity contribution in [1.29, 1.82) is 0 Å². The minimum Gasteiger partial charge on any atom is -0.381 e. The fourth-order valence-electron chi connectivity index (χ4n) is 10.9. The quantitative estimate of drug-likeness (QED) is 0.157. The van der Waals surface area contributed by atoms with E-state index in [0.717, 1.165) is 142 Å². The van der Waals surface area contributed by atoms with Crippen LogP contribution in [0.5, 0.6) is 0 Å². The van der Waals surface area contributed by atoms with E-state index < -0.39 is 0 Å². The Morgan fingerprint density at radius 1 is 0.278 bits per heavy atom. The van der Waals surface area contributed by atoms with E-state index in [0.29, 0.717) is 12.1 Å². The maximum absolute atomic E-state index is 5.29. The highest BCUT2D eigenvalue weighted by Crippen LogP contribution is 2.33. The molecule has 2 aliphatic carbocycles. The Balaban J connectivity index is 0.000000186. The largest absolute Gasteiger partial charge is 0.381 e. The zero-order valence-electron chi connectivity index (χ0n) is 50.7. The Labute approximate surface area is 488 Å². The molecule has 6 atom stereocenters. The van der Waals surface area contributed by atoms with E-state index in [-0.39, 0.29) is 0 Å². The number of thioether (sulfide) groups is 1. The highest BCUT2D eigenvalue weighted by Gasteiger charge is 2.32. The first-order valence-corrected chi connectivity index (χ1v) is 34.4. The molecule has 16 fully saturated rings. The van der Waals surface area contributed by atoms with Gasteiger partial charge in [-0.05, 0) is 192 Å². The van der Waals surface area contributed by atoms with Gasteiger partial charge in [0.2, 0.25) is 0 Å². The lowest BCUT2D eigenvalue weighted by Gasteiger charge is -2.35. The van der Waals surface area contributed by atoms with Crippen LogP contribution in [0.2, 0.25) is 0 Å². The lowest BCUT2D eigenvalue weighted by Crippen LogP contribution is -2.39. The van der Waals surface area contributed by atoms with Crippen molar-refractivity contribution in [2.24, 2.45) is 17.8 Å². The molecule has 16 rings (SSSR count). The fourth-order valence-corrected chi connectivity index (χ4v) is 11.7. The molecule has 4 bridgehead atoms. The van der Waals surface area contributed by atoms with E-state index in [1.54, 1.807) is 0 Å². The number of hydrogen-bond acceptors (Lipinski definition) is 18. The first-order valence-electron chi connectivity index (χ1n) is 33.3. The molecule has 17 nitrogen and oxygen atoms in total. The molecule has 6 unspecified atom stereocenters. The third kappa shape index (κ3) is 43.9. The van der Waals surface area contributed by atoms with Crippen LogP contribution < -0.4 is 58.5 Å². The van der Waals surface area contributed by atoms with Crippen LogP contribution in [0.15, 0.2) is 0 Å². The maximum Gasteiger partial charge on any atom is 0.0716 e. The van der Waals surface area contributed by atoms with Gasteiger partial charge in [-0.15, -0.1) is 0 Å². The Bertz CT molecular complexity index is 959. The van der Waals surface area contributed by atoms with Crippen molar-refractivity contribution in [1.82, 2.24) is 58.5 Å². The van der Waals surface area contributed by atoms with Crippen LogP contribution in [0.25, 0.3) is 0 Å². The van der Waals surface area contributed by atoms with Crippen molar-refractivity contribution in [2.45, 2.75) is 159 Å². The van der Waals surface area contributed by atoms with Crippen molar-refractivity contribution in [3.8, 4) is 0 Å². The average Bonchev–Trinajstić information content (AvgIpc) is 4.42. The second-order valence-electron chi connectivity index (χ2n) is 23.1. The smallest absolute Gasteiger partial charge is 0.0716 e. The lowest BCUT2D eigenvalue weighted by molar-refractivity contribution is -0.0334. The first kappa shape index (κ1) is 71.2. The summed E-state index contributed by atoms with van der Waals surface area (Å²) in [5, 5.41) is 36.1. The van der Waals surface area contributed by atoms with E-state index in [1.165, 1.54) is 238 Å². The maximum atomic E-state index is 5.29. The van der Waals surface area contributed by atoms with E-state index in [9.17, 15) is 0 Å². The molecule has 0 spiro atoms. The van der Waals surface area contributed by atoms with Crippen LogP contribution in [0.1, 0.15) is 141 Å². The molecule has 468 valence electrons. The van der Waals surface area contributed by atoms with Crippen molar-refractivity contribution < 1.29 is 28.4 Å². The molecule has 14 heterocycles. The minimum absolute atomic E-state index is 0.560. The molecule has 0 radical (unpaired) electrons. The molecular formula is C61H127N11O6S. The summed E-state index contributed by atoms with van der Waals surface area (Å²) < 4.78 is 29.9. The topological polar surface area (TPSA) is 188 Å². The number of piperidine rings is 3. The predicted octanol–water partition coefficient (Wildman–Crippen LogP) is 4.90. The van der Waals surface area contributed by atoms with Crippen LogP contribution in [-0.4, -0.2) is 233 Å². The van der Waals surface area contributed by atoms with Crippen LogP contribution in [-0.2, 0) is 28.4 Å². The number of ether oxygens (including phenoxy) is 6. The Morgan fingerprint density at radius 2 is 0.734 bits per heavy atom. The lowest BCUT2D eigenvalue weighted by atomic mass is 9.76. The van der Waals surface area contributed by atoms with E-state index in [4.69, 9.17) is 28.4 Å². The summed E-state index contributed by atoms with van der Waals surface area (Å²) in [5.41, 5.74) is 0. The predicted molar refractivity (Wildman–Crippen MR) is 333 cm³/mol. The van der Waals surface area contributed by atoms with E-state index in [1.807, 2.05) is 11.8 Å². The van der Waals surface area contributed by atoms with Gasteiger partial charge in [-0.3, -0.25) is 0 Å². The summed E-state index contributed by atoms with van der Waals surface area (Å²) in [6.07, 6.45) is 31.6. The fraction of sp³-hybridized carbons (Fsp3) is 1.00. The highest BCUT2D eigenvalue weighted by atomic mass is 32.2. The number of piperazine rings is 1. The highest BCUT2D eigenvalue weighted by molar-refractivity contribution is 7.99. The number of nitrogens with one attached hydrogen (secondary N) is 11. The summed E-state index contributed by atoms with van der Waals surface area (Å²) in [7, 11) is 0. The van der Waals surface area contributed by atoms with Crippen LogP contribution >= 0.6 is 11.8 Å². The van der Waals surface area contributed by atoms with Gasteiger partial charge in [0.15, 0.2) is 0 Å². The van der Waals surface area contributed by atoms with Gasteiger partial charge in [-0.1, -0.05) is 38.5 Å². The molecule has 0 aromatic rings. The Morgan fingerprint density at radius 3 is 0.987 bits per heavy atom. The second-order valence-corrected chi connectivity index (χ2v) is 24.4. The Hall–Kier alpha value is -0.330. The summed E-state index contributed by atoms with van der Waals surface area (Å²) in [6, 6.07) is 1.62. The van der Waals surface area contributed by atoms with Gasteiger partial charge in [0.25, 0.3) is 0 Å². The molecule has 18 heteroatoms. The molecule has 2 saturated carbocycles. The summed E-state index contributed by atoms with van der Waals surface area (Å²) in [6.45, 7) is 33.9. The molecule has 0 amide bonds. The third-order valence-corrected chi connectivity index (χ3v) is 17.2. The average molecular weight is 1140 g/mol. The van der Waals surface area contributed by atoms with Crippen LogP contribution in [0.4, 0.5) is 0 Å². The summed E-state index contributed by atoms with van der Waals surface area (Å²) in [5.74, 6) is 5.81. The van der Waals surface area contributed by atoms with E-state index in [2.05, 4.69) is 58.5 Å². The zero-order chi connectivity index (χ0) is 55.1. The standard InChI is InChI=1S/C9H17N.C6H11N.C6H13N.C5H9NO.C5H11N.C4H10N2.C4H9NO.C4H9NS.C4H9N.C4H8O2.C4H8O.C3H7N.C3H6O/c1-2-4-9-7-10-6-5-8(9)3-1;1-2-6-3-5(1)4-7-6;1-2-4-6-7-5-3-1;1-4-3-7-5(1)2-6-4;1-2-4-6-5-3-1;1-2-6-4-3-5-1;2*1-3-6-4-2-5-1;1-2-4-5-3-1;1-2-6-4-3-5-1;1-2-4-5-3-1;2*1-2-4-3-1/h8-10H,1-7H2;5-7H,1-4H2;7H,1-6H2;4-6H,1-3H2;6H,1-5H2;5-6H,1-4H2;2*5H,1-4H2;5H,1-4H2;1-4H2;1-4H2;4H,1-3H2;1-3H2. The van der Waals surface area contributed by atoms with E-state index >= 15 is 0 Å². The van der Waals surface area contributed by atoms with Gasteiger partial charge in [0.05, 0.1) is 52.4 Å². The molecule has 0 aromatic carbocycles. The van der Waals surface area contributed by atoms with Gasteiger partial charge < -0.3 is 86.9 Å². The van der Waals surface area contributed by atoms with Crippen molar-refractivity contribution in [3.05, 3.63) is 0 Å². The normalized spacial score (nSPS) is 30.4. The minimum atomic E-state index is 0.560. The van der Waals surface area contributed by atoms with Crippen LogP contribution in [0.3, 0.4) is 0 Å². The number of morpholine rings is 2. The van der Waals surface area contributed by atoms with Crippen LogP contribution in [0, 0.1) is 17.8 Å². The first-order chi connectivity index (χ1) is 39.4. The van der Waals surface area contributed by atoms with Gasteiger partial charge in [0, 0.05) is 109 Å². The summed E-state index contributed by atoms with van der Waals surface area (Å²) in [4.78, 5) is 0. The number of rotatable bonds is 0. The molecule has 0 aromatic heterocycles. The van der Waals surface area contributed by atoms with Crippen molar-refractivity contribution >= 4 is 11.8 Å². The molecule has 14 aliphatic heterocycles. The monoisotopic (exact) mass is 1140 g/mol.